The molecule has 0 saturated heterocycles. The van der Waals surface area contributed by atoms with Crippen molar-refractivity contribution in [3.8, 4) is 23.1 Å². The molecule has 3 rings (SSSR count). The second-order valence-electron chi connectivity index (χ2n) is 6.80. The number of hydrogen-bond acceptors (Lipinski definition) is 6. The van der Waals surface area contributed by atoms with Gasteiger partial charge in [-0.15, -0.1) is 0 Å². The molecule has 0 bridgehead atoms. The van der Waals surface area contributed by atoms with Crippen LogP contribution in [0.5, 0.6) is 5.75 Å². The van der Waals surface area contributed by atoms with Gasteiger partial charge in [0.25, 0.3) is 11.6 Å². The molecule has 0 fully saturated rings. The maximum Gasteiger partial charge on any atom is 0.270 e. The summed E-state index contributed by atoms with van der Waals surface area (Å²) in [6.07, 6.45) is 0. The summed E-state index contributed by atoms with van der Waals surface area (Å²) in [7, 11) is 0. The molecule has 30 heavy (non-hydrogen) atoms. The molecule has 0 aliphatic heterocycles. The number of nitriles is 1. The van der Waals surface area contributed by atoms with Crippen molar-refractivity contribution in [2.45, 2.75) is 19.8 Å². The minimum atomic E-state index is -0.521. The van der Waals surface area contributed by atoms with Gasteiger partial charge in [0, 0.05) is 23.8 Å². The van der Waals surface area contributed by atoms with Gasteiger partial charge in [0.2, 0.25) is 5.88 Å². The number of nitrogens with one attached hydrogen (secondary N) is 1. The lowest BCUT2D eigenvalue weighted by atomic mass is 10.0. The average Bonchev–Trinajstić information content (AvgIpc) is 3.15. The number of rotatable bonds is 7. The minimum absolute atomic E-state index is 0.0373. The number of benzene rings is 2. The summed E-state index contributed by atoms with van der Waals surface area (Å²) in [4.78, 5) is 22.8. The van der Waals surface area contributed by atoms with Crippen molar-refractivity contribution in [2.75, 3.05) is 11.9 Å². The average molecular weight is 405 g/mol. The first-order valence-corrected chi connectivity index (χ1v) is 9.19. The third-order valence-electron chi connectivity index (χ3n) is 4.35. The molecule has 3 aromatic rings. The monoisotopic (exact) mass is 405 g/mol. The van der Waals surface area contributed by atoms with Gasteiger partial charge < -0.3 is 9.15 Å². The van der Waals surface area contributed by atoms with E-state index < -0.39 is 10.8 Å². The van der Waals surface area contributed by atoms with Gasteiger partial charge >= 0.3 is 0 Å². The van der Waals surface area contributed by atoms with E-state index in [9.17, 15) is 20.2 Å². The third kappa shape index (κ3) is 4.64. The predicted molar refractivity (Wildman–Crippen MR) is 110 cm³/mol. The molecule has 0 aliphatic rings. The number of anilines is 1. The van der Waals surface area contributed by atoms with E-state index in [0.717, 1.165) is 5.56 Å². The number of nitrogens with zero attached hydrogens (tertiary/aromatic N) is 2. The van der Waals surface area contributed by atoms with Crippen LogP contribution in [0.15, 0.2) is 59.0 Å². The zero-order chi connectivity index (χ0) is 21.7. The van der Waals surface area contributed by atoms with Crippen molar-refractivity contribution in [3.05, 3.63) is 75.8 Å². The summed E-state index contributed by atoms with van der Waals surface area (Å²) in [6.45, 7) is 3.79. The van der Waals surface area contributed by atoms with E-state index in [1.807, 2.05) is 38.1 Å². The molecule has 2 aromatic carbocycles. The lowest BCUT2D eigenvalue weighted by Crippen LogP contribution is -2.20. The number of furan rings is 1. The lowest BCUT2D eigenvalue weighted by molar-refractivity contribution is -0.384. The number of hydrogen-bond donors (Lipinski definition) is 1. The summed E-state index contributed by atoms with van der Waals surface area (Å²) in [6, 6.07) is 16.6. The molecule has 1 heterocycles. The summed E-state index contributed by atoms with van der Waals surface area (Å²) in [5.41, 5.74) is 1.40. The molecule has 1 N–H and O–H groups in total. The zero-order valence-electron chi connectivity index (χ0n) is 16.4. The Labute approximate surface area is 172 Å². The van der Waals surface area contributed by atoms with Crippen LogP contribution in [0.25, 0.3) is 11.3 Å². The van der Waals surface area contributed by atoms with Gasteiger partial charge in [-0.2, -0.15) is 5.26 Å². The Kier molecular flexibility index (Phi) is 6.13. The molecule has 152 valence electrons. The van der Waals surface area contributed by atoms with Crippen LogP contribution in [0, 0.1) is 21.4 Å². The van der Waals surface area contributed by atoms with E-state index in [-0.39, 0.29) is 35.4 Å². The Hall–Kier alpha value is -4.12. The molecule has 0 spiro atoms. The third-order valence-corrected chi connectivity index (χ3v) is 4.35. The number of nitro benzene ring substituents is 1. The highest BCUT2D eigenvalue weighted by Crippen LogP contribution is 2.31. The number of ether oxygens (including phenoxy) is 1. The minimum Gasteiger partial charge on any atom is -0.483 e. The highest BCUT2D eigenvalue weighted by Gasteiger charge is 2.17. The topological polar surface area (TPSA) is 118 Å². The fourth-order valence-corrected chi connectivity index (χ4v) is 2.88. The quantitative estimate of drug-likeness (QED) is 0.442. The lowest BCUT2D eigenvalue weighted by Gasteiger charge is -2.13. The van der Waals surface area contributed by atoms with Gasteiger partial charge in [-0.3, -0.25) is 20.2 Å². The highest BCUT2D eigenvalue weighted by molar-refractivity contribution is 5.92. The van der Waals surface area contributed by atoms with Crippen molar-refractivity contribution in [3.63, 3.8) is 0 Å². The first-order chi connectivity index (χ1) is 14.4. The fraction of sp³-hybridized carbons (Fsp3) is 0.182. The van der Waals surface area contributed by atoms with Crippen LogP contribution in [0.3, 0.4) is 0 Å². The normalized spacial score (nSPS) is 10.5. The van der Waals surface area contributed by atoms with Crippen molar-refractivity contribution in [1.29, 1.82) is 5.26 Å². The van der Waals surface area contributed by atoms with Crippen molar-refractivity contribution in [1.82, 2.24) is 0 Å². The largest absolute Gasteiger partial charge is 0.483 e. The Morgan fingerprint density at radius 3 is 2.70 bits per heavy atom. The Morgan fingerprint density at radius 1 is 1.23 bits per heavy atom. The van der Waals surface area contributed by atoms with Crippen LogP contribution < -0.4 is 10.1 Å². The fourth-order valence-electron chi connectivity index (χ4n) is 2.88. The molecule has 8 heteroatoms. The second kappa shape index (κ2) is 8.92. The van der Waals surface area contributed by atoms with Crippen LogP contribution in [0.1, 0.15) is 30.9 Å². The summed E-state index contributed by atoms with van der Waals surface area (Å²) in [5.74, 6) is 0.545. The molecule has 0 aliphatic carbocycles. The predicted octanol–water partition coefficient (Wildman–Crippen LogP) is 4.87. The smallest absolute Gasteiger partial charge is 0.270 e. The first kappa shape index (κ1) is 20.6. The number of amides is 1. The molecular formula is C22H19N3O5. The standard InChI is InChI=1S/C22H19N3O5/c1-14(2)18-8-3-4-9-19(18)29-13-21(26)24-22-16(12-23)11-20(30-22)15-6-5-7-17(10-15)25(27)28/h3-11,14H,13H2,1-2H3,(H,24,26). The molecule has 0 radical (unpaired) electrons. The van der Waals surface area contributed by atoms with E-state index in [1.54, 1.807) is 12.1 Å². The number of para-hydroxylation sites is 1. The van der Waals surface area contributed by atoms with Crippen LogP contribution >= 0.6 is 0 Å². The van der Waals surface area contributed by atoms with Crippen molar-refractivity contribution < 1.29 is 18.9 Å². The first-order valence-electron chi connectivity index (χ1n) is 9.19. The molecule has 0 unspecified atom stereocenters. The van der Waals surface area contributed by atoms with E-state index in [0.29, 0.717) is 11.3 Å². The van der Waals surface area contributed by atoms with Gasteiger partial charge in [0.15, 0.2) is 6.61 Å². The summed E-state index contributed by atoms with van der Waals surface area (Å²) in [5, 5.41) is 22.8. The maximum atomic E-state index is 12.3. The van der Waals surface area contributed by atoms with Crippen LogP contribution in [0.2, 0.25) is 0 Å². The number of carbonyl (C=O) groups is 1. The number of nitro groups is 1. The van der Waals surface area contributed by atoms with Crippen molar-refractivity contribution in [2.24, 2.45) is 0 Å². The Bertz CT molecular complexity index is 1130. The second-order valence-corrected chi connectivity index (χ2v) is 6.80. The van der Waals surface area contributed by atoms with E-state index in [2.05, 4.69) is 5.32 Å². The molecule has 8 nitrogen and oxygen atoms in total. The van der Waals surface area contributed by atoms with E-state index in [1.165, 1.54) is 24.3 Å². The molecule has 0 saturated carbocycles. The molecular weight excluding hydrogens is 386 g/mol. The maximum absolute atomic E-state index is 12.3. The van der Waals surface area contributed by atoms with Gasteiger partial charge in [-0.05, 0) is 17.5 Å². The number of non-ortho nitro benzene ring substituents is 1. The number of carbonyl (C=O) groups excluding carboxylic acids is 1. The molecule has 1 aromatic heterocycles. The van der Waals surface area contributed by atoms with Crippen molar-refractivity contribution >= 4 is 17.5 Å². The van der Waals surface area contributed by atoms with Gasteiger partial charge in [-0.1, -0.05) is 44.2 Å². The summed E-state index contributed by atoms with van der Waals surface area (Å²) >= 11 is 0. The highest BCUT2D eigenvalue weighted by atomic mass is 16.6. The van der Waals surface area contributed by atoms with Gasteiger partial charge in [0.05, 0.1) is 4.92 Å². The Balaban J connectivity index is 1.74. The van der Waals surface area contributed by atoms with Crippen LogP contribution in [0.4, 0.5) is 11.6 Å². The molecule has 0 atom stereocenters. The molecule has 1 amide bonds. The van der Waals surface area contributed by atoms with Gasteiger partial charge in [0.1, 0.15) is 23.1 Å². The summed E-state index contributed by atoms with van der Waals surface area (Å²) < 4.78 is 11.2. The van der Waals surface area contributed by atoms with E-state index >= 15 is 0 Å². The Morgan fingerprint density at radius 2 is 2.00 bits per heavy atom. The zero-order valence-corrected chi connectivity index (χ0v) is 16.4. The van der Waals surface area contributed by atoms with Crippen LogP contribution in [-0.2, 0) is 4.79 Å². The van der Waals surface area contributed by atoms with Gasteiger partial charge in [-0.25, -0.2) is 0 Å². The van der Waals surface area contributed by atoms with Crippen LogP contribution in [-0.4, -0.2) is 17.4 Å². The van der Waals surface area contributed by atoms with E-state index in [4.69, 9.17) is 9.15 Å². The SMILES string of the molecule is CC(C)c1ccccc1OCC(=O)Nc1oc(-c2cccc([N+](=O)[O-])c2)cc1C#N.